The van der Waals surface area contributed by atoms with Gasteiger partial charge in [-0.2, -0.15) is 0 Å². The summed E-state index contributed by atoms with van der Waals surface area (Å²) < 4.78 is 4.88. The minimum atomic E-state index is -0.111. The lowest BCUT2D eigenvalue weighted by Crippen LogP contribution is -2.40. The minimum absolute atomic E-state index is 0.111. The molecule has 2 rings (SSSR count). The number of benzene rings is 1. The van der Waals surface area contributed by atoms with E-state index in [-0.39, 0.29) is 6.03 Å². The summed E-state index contributed by atoms with van der Waals surface area (Å²) in [7, 11) is 1.62. The Morgan fingerprint density at radius 1 is 1.35 bits per heavy atom. The SMILES string of the molecule is COCCNC(=O)NCC1CCN(c2ccccc2)C1. The van der Waals surface area contributed by atoms with Crippen molar-refractivity contribution in [2.45, 2.75) is 6.42 Å². The van der Waals surface area contributed by atoms with Gasteiger partial charge in [-0.15, -0.1) is 0 Å². The van der Waals surface area contributed by atoms with Gasteiger partial charge in [-0.3, -0.25) is 0 Å². The summed E-state index contributed by atoms with van der Waals surface area (Å²) in [6, 6.07) is 10.3. The molecule has 0 aromatic heterocycles. The maximum atomic E-state index is 11.5. The van der Waals surface area contributed by atoms with Gasteiger partial charge < -0.3 is 20.3 Å². The standard InChI is InChI=1S/C15H23N3O2/c1-20-10-8-16-15(19)17-11-13-7-9-18(12-13)14-5-3-2-4-6-14/h2-6,13H,7-12H2,1H3,(H2,16,17,19). The molecule has 5 nitrogen and oxygen atoms in total. The number of rotatable bonds is 6. The second kappa shape index (κ2) is 7.75. The van der Waals surface area contributed by atoms with Crippen molar-refractivity contribution in [3.8, 4) is 0 Å². The quantitative estimate of drug-likeness (QED) is 0.774. The first-order valence-corrected chi connectivity index (χ1v) is 7.10. The Labute approximate surface area is 120 Å². The summed E-state index contributed by atoms with van der Waals surface area (Å²) >= 11 is 0. The van der Waals surface area contributed by atoms with Gasteiger partial charge in [-0.25, -0.2) is 4.79 Å². The van der Waals surface area contributed by atoms with E-state index >= 15 is 0 Å². The van der Waals surface area contributed by atoms with Gasteiger partial charge in [0.2, 0.25) is 0 Å². The summed E-state index contributed by atoms with van der Waals surface area (Å²) in [4.78, 5) is 13.9. The van der Waals surface area contributed by atoms with Crippen LogP contribution in [0.4, 0.5) is 10.5 Å². The third-order valence-corrected chi connectivity index (χ3v) is 3.55. The number of hydrogen-bond acceptors (Lipinski definition) is 3. The van der Waals surface area contributed by atoms with Crippen LogP contribution in [0.1, 0.15) is 6.42 Å². The van der Waals surface area contributed by atoms with E-state index in [0.29, 0.717) is 19.1 Å². The molecule has 1 saturated heterocycles. The summed E-state index contributed by atoms with van der Waals surface area (Å²) in [6.07, 6.45) is 1.12. The van der Waals surface area contributed by atoms with E-state index in [1.54, 1.807) is 7.11 Å². The molecular weight excluding hydrogens is 254 g/mol. The van der Waals surface area contributed by atoms with Crippen molar-refractivity contribution < 1.29 is 9.53 Å². The lowest BCUT2D eigenvalue weighted by atomic mass is 10.1. The summed E-state index contributed by atoms with van der Waals surface area (Å²) in [6.45, 7) is 3.87. The molecule has 0 saturated carbocycles. The van der Waals surface area contributed by atoms with Crippen LogP contribution in [0.2, 0.25) is 0 Å². The Kier molecular flexibility index (Phi) is 5.68. The van der Waals surface area contributed by atoms with E-state index < -0.39 is 0 Å². The number of nitrogens with zero attached hydrogens (tertiary/aromatic N) is 1. The molecule has 0 bridgehead atoms. The van der Waals surface area contributed by atoms with Crippen LogP contribution in [-0.2, 0) is 4.74 Å². The minimum Gasteiger partial charge on any atom is -0.383 e. The predicted octanol–water partition coefficient (Wildman–Crippen LogP) is 1.46. The first kappa shape index (κ1) is 14.7. The Bertz CT molecular complexity index is 411. The van der Waals surface area contributed by atoms with Crippen molar-refractivity contribution in [2.75, 3.05) is 44.8 Å². The summed E-state index contributed by atoms with van der Waals surface area (Å²) in [5.74, 6) is 0.517. The zero-order chi connectivity index (χ0) is 14.2. The average Bonchev–Trinajstić information content (AvgIpc) is 2.95. The number of nitrogens with one attached hydrogen (secondary N) is 2. The van der Waals surface area contributed by atoms with Crippen molar-refractivity contribution >= 4 is 11.7 Å². The van der Waals surface area contributed by atoms with E-state index in [4.69, 9.17) is 4.74 Å². The van der Waals surface area contributed by atoms with Crippen molar-refractivity contribution in [1.82, 2.24) is 10.6 Å². The molecule has 110 valence electrons. The molecule has 0 spiro atoms. The van der Waals surface area contributed by atoms with E-state index in [1.807, 2.05) is 6.07 Å². The molecule has 2 amide bonds. The lowest BCUT2D eigenvalue weighted by molar-refractivity contribution is 0.195. The van der Waals surface area contributed by atoms with Crippen LogP contribution in [0.15, 0.2) is 30.3 Å². The molecule has 1 unspecified atom stereocenters. The third kappa shape index (κ3) is 4.42. The van der Waals surface area contributed by atoms with Gasteiger partial charge in [0.15, 0.2) is 0 Å². The number of anilines is 1. The van der Waals surface area contributed by atoms with Crippen LogP contribution in [0, 0.1) is 5.92 Å². The Balaban J connectivity index is 1.67. The van der Waals surface area contributed by atoms with Crippen LogP contribution in [-0.4, -0.2) is 45.9 Å². The highest BCUT2D eigenvalue weighted by atomic mass is 16.5. The maximum absolute atomic E-state index is 11.5. The predicted molar refractivity (Wildman–Crippen MR) is 80.0 cm³/mol. The first-order valence-electron chi connectivity index (χ1n) is 7.10. The van der Waals surface area contributed by atoms with Crippen LogP contribution < -0.4 is 15.5 Å². The molecule has 1 heterocycles. The molecule has 20 heavy (non-hydrogen) atoms. The number of carbonyl (C=O) groups is 1. The summed E-state index contributed by atoms with van der Waals surface area (Å²) in [5.41, 5.74) is 1.26. The monoisotopic (exact) mass is 277 g/mol. The van der Waals surface area contributed by atoms with Gasteiger partial charge in [0, 0.05) is 39.0 Å². The van der Waals surface area contributed by atoms with E-state index in [1.165, 1.54) is 5.69 Å². The van der Waals surface area contributed by atoms with Crippen LogP contribution in [0.5, 0.6) is 0 Å². The fourth-order valence-electron chi connectivity index (χ4n) is 2.44. The third-order valence-electron chi connectivity index (χ3n) is 3.55. The molecule has 2 N–H and O–H groups in total. The zero-order valence-electron chi connectivity index (χ0n) is 12.0. The molecule has 0 radical (unpaired) electrons. The largest absolute Gasteiger partial charge is 0.383 e. The normalized spacial score (nSPS) is 18.1. The van der Waals surface area contributed by atoms with E-state index in [0.717, 1.165) is 26.1 Å². The highest BCUT2D eigenvalue weighted by molar-refractivity contribution is 5.73. The molecule has 1 atom stereocenters. The Hall–Kier alpha value is -1.75. The van der Waals surface area contributed by atoms with Gasteiger partial charge in [0.25, 0.3) is 0 Å². The van der Waals surface area contributed by atoms with Crippen LogP contribution >= 0.6 is 0 Å². The number of urea groups is 1. The molecule has 1 fully saturated rings. The number of para-hydroxylation sites is 1. The van der Waals surface area contributed by atoms with Crippen LogP contribution in [0.25, 0.3) is 0 Å². The van der Waals surface area contributed by atoms with Gasteiger partial charge in [-0.05, 0) is 24.5 Å². The molecular formula is C15H23N3O2. The van der Waals surface area contributed by atoms with E-state index in [9.17, 15) is 4.79 Å². The topological polar surface area (TPSA) is 53.6 Å². The van der Waals surface area contributed by atoms with Gasteiger partial charge >= 0.3 is 6.03 Å². The maximum Gasteiger partial charge on any atom is 0.314 e. The fraction of sp³-hybridized carbons (Fsp3) is 0.533. The average molecular weight is 277 g/mol. The number of ether oxygens (including phenoxy) is 1. The van der Waals surface area contributed by atoms with Gasteiger partial charge in [-0.1, -0.05) is 18.2 Å². The Morgan fingerprint density at radius 3 is 2.90 bits per heavy atom. The number of amides is 2. The molecule has 1 aliphatic heterocycles. The smallest absolute Gasteiger partial charge is 0.314 e. The first-order chi connectivity index (χ1) is 9.79. The zero-order valence-corrected chi connectivity index (χ0v) is 12.0. The molecule has 5 heteroatoms. The van der Waals surface area contributed by atoms with Crippen LogP contribution in [0.3, 0.4) is 0 Å². The highest BCUT2D eigenvalue weighted by Gasteiger charge is 2.22. The summed E-state index contributed by atoms with van der Waals surface area (Å²) in [5, 5.41) is 5.69. The molecule has 1 aromatic rings. The lowest BCUT2D eigenvalue weighted by Gasteiger charge is -2.18. The highest BCUT2D eigenvalue weighted by Crippen LogP contribution is 2.22. The molecule has 1 aliphatic rings. The van der Waals surface area contributed by atoms with Gasteiger partial charge in [0.1, 0.15) is 0 Å². The molecule has 1 aromatic carbocycles. The number of methoxy groups -OCH3 is 1. The fourth-order valence-corrected chi connectivity index (χ4v) is 2.44. The van der Waals surface area contributed by atoms with Crippen molar-refractivity contribution in [3.63, 3.8) is 0 Å². The number of hydrogen-bond donors (Lipinski definition) is 2. The second-order valence-corrected chi connectivity index (χ2v) is 5.07. The van der Waals surface area contributed by atoms with Crippen molar-refractivity contribution in [3.05, 3.63) is 30.3 Å². The van der Waals surface area contributed by atoms with E-state index in [2.05, 4.69) is 39.8 Å². The Morgan fingerprint density at radius 2 is 2.15 bits per heavy atom. The van der Waals surface area contributed by atoms with Gasteiger partial charge in [0.05, 0.1) is 6.61 Å². The molecule has 0 aliphatic carbocycles. The second-order valence-electron chi connectivity index (χ2n) is 5.07. The van der Waals surface area contributed by atoms with Crippen molar-refractivity contribution in [2.24, 2.45) is 5.92 Å². The van der Waals surface area contributed by atoms with Crippen molar-refractivity contribution in [1.29, 1.82) is 0 Å². The number of carbonyl (C=O) groups excluding carboxylic acids is 1.